The monoisotopic (exact) mass is 315 g/mol. The molecule has 0 aromatic rings. The number of hydrogen-bond acceptors (Lipinski definition) is 1. The van der Waals surface area contributed by atoms with Gasteiger partial charge >= 0.3 is 0 Å². The zero-order valence-corrected chi connectivity index (χ0v) is 14.9. The van der Waals surface area contributed by atoms with Gasteiger partial charge in [-0.25, -0.2) is 0 Å². The van der Waals surface area contributed by atoms with E-state index in [4.69, 9.17) is 0 Å². The highest BCUT2D eigenvalue weighted by atomic mass is 16.1. The van der Waals surface area contributed by atoms with E-state index in [-0.39, 0.29) is 11.4 Å². The van der Waals surface area contributed by atoms with E-state index in [9.17, 15) is 4.79 Å². The average molecular weight is 316 g/mol. The van der Waals surface area contributed by atoms with Crippen LogP contribution in [0.5, 0.6) is 0 Å². The first-order valence-electron chi connectivity index (χ1n) is 9.90. The Kier molecular flexibility index (Phi) is 3.66. The summed E-state index contributed by atoms with van der Waals surface area (Å²) in [6.45, 7) is 8.64. The van der Waals surface area contributed by atoms with Gasteiger partial charge in [0.2, 0.25) is 5.91 Å². The summed E-state index contributed by atoms with van der Waals surface area (Å²) in [6.07, 6.45) is 13.6. The lowest BCUT2D eigenvalue weighted by molar-refractivity contribution is -0.153. The van der Waals surface area contributed by atoms with Gasteiger partial charge in [0.15, 0.2) is 0 Å². The van der Waals surface area contributed by atoms with Crippen LogP contribution in [0.1, 0.15) is 71.6 Å². The van der Waals surface area contributed by atoms with Crippen LogP contribution in [0.15, 0.2) is 12.7 Å². The lowest BCUT2D eigenvalue weighted by Crippen LogP contribution is -2.71. The van der Waals surface area contributed by atoms with Crippen molar-refractivity contribution in [2.45, 2.75) is 77.2 Å². The van der Waals surface area contributed by atoms with E-state index >= 15 is 0 Å². The van der Waals surface area contributed by atoms with Crippen LogP contribution >= 0.6 is 0 Å². The van der Waals surface area contributed by atoms with E-state index in [1.165, 1.54) is 63.9 Å². The number of hydrogen-bond donors (Lipinski definition) is 1. The van der Waals surface area contributed by atoms with Gasteiger partial charge in [-0.2, -0.15) is 0 Å². The van der Waals surface area contributed by atoms with Crippen molar-refractivity contribution in [3.8, 4) is 0 Å². The molecular weight excluding hydrogens is 282 g/mol. The van der Waals surface area contributed by atoms with Gasteiger partial charge < -0.3 is 5.32 Å². The van der Waals surface area contributed by atoms with Gasteiger partial charge in [0, 0.05) is 5.54 Å². The fourth-order valence-electron chi connectivity index (χ4n) is 7.41. The Morgan fingerprint density at radius 1 is 1.04 bits per heavy atom. The zero-order valence-electron chi connectivity index (χ0n) is 14.9. The van der Waals surface area contributed by atoms with E-state index in [1.807, 2.05) is 0 Å². The second kappa shape index (κ2) is 5.36. The van der Waals surface area contributed by atoms with Crippen molar-refractivity contribution in [2.75, 3.05) is 0 Å². The molecule has 5 rings (SSSR count). The summed E-state index contributed by atoms with van der Waals surface area (Å²) in [5.41, 5.74) is 0.642. The molecule has 5 aliphatic carbocycles. The van der Waals surface area contributed by atoms with E-state index in [2.05, 4.69) is 25.7 Å². The number of carbonyl (C=O) groups excluding carboxylic acids is 1. The van der Waals surface area contributed by atoms with Crippen molar-refractivity contribution in [3.05, 3.63) is 12.7 Å². The minimum atomic E-state index is 0.0706. The van der Waals surface area contributed by atoms with Gasteiger partial charge in [0.25, 0.3) is 0 Å². The first-order valence-corrected chi connectivity index (χ1v) is 9.90. The van der Waals surface area contributed by atoms with Crippen molar-refractivity contribution < 1.29 is 4.79 Å². The van der Waals surface area contributed by atoms with E-state index in [0.29, 0.717) is 23.2 Å². The Morgan fingerprint density at radius 2 is 1.65 bits per heavy atom. The second-order valence-electron chi connectivity index (χ2n) is 9.74. The van der Waals surface area contributed by atoms with Crippen molar-refractivity contribution >= 4 is 5.91 Å². The smallest absolute Gasteiger partial charge is 0.243 e. The topological polar surface area (TPSA) is 29.1 Å². The summed E-state index contributed by atoms with van der Waals surface area (Å²) in [4.78, 5) is 12.4. The Balaban J connectivity index is 1.68. The Bertz CT molecular complexity index is 486. The predicted molar refractivity (Wildman–Crippen MR) is 93.9 cm³/mol. The van der Waals surface area contributed by atoms with Crippen molar-refractivity contribution in [1.82, 2.24) is 5.32 Å². The van der Waals surface area contributed by atoms with Gasteiger partial charge in [-0.05, 0) is 86.0 Å². The maximum Gasteiger partial charge on any atom is 0.243 e. The zero-order chi connectivity index (χ0) is 16.2. The van der Waals surface area contributed by atoms with Crippen molar-refractivity contribution in [2.24, 2.45) is 35.0 Å². The number of carbonyl (C=O) groups is 1. The molecule has 2 nitrogen and oxygen atoms in total. The summed E-state index contributed by atoms with van der Waals surface area (Å²) in [5.74, 6) is 3.98. The van der Waals surface area contributed by atoms with Gasteiger partial charge in [0.1, 0.15) is 0 Å². The fraction of sp³-hybridized carbons (Fsp3) is 0.857. The highest BCUT2D eigenvalue weighted by Gasteiger charge is 2.63. The number of rotatable bonds is 3. The van der Waals surface area contributed by atoms with Crippen LogP contribution in [-0.4, -0.2) is 11.4 Å². The van der Waals surface area contributed by atoms with E-state index in [0.717, 1.165) is 11.8 Å². The van der Waals surface area contributed by atoms with Crippen LogP contribution in [0.4, 0.5) is 0 Å². The van der Waals surface area contributed by atoms with Crippen LogP contribution in [0.3, 0.4) is 0 Å². The average Bonchev–Trinajstić information content (AvgIpc) is 2.50. The third-order valence-electron chi connectivity index (χ3n) is 8.06. The van der Waals surface area contributed by atoms with Crippen molar-refractivity contribution in [1.29, 1.82) is 0 Å². The second-order valence-corrected chi connectivity index (χ2v) is 9.74. The van der Waals surface area contributed by atoms with Gasteiger partial charge in [0.05, 0.1) is 0 Å². The fourth-order valence-corrected chi connectivity index (χ4v) is 7.41. The van der Waals surface area contributed by atoms with E-state index < -0.39 is 0 Å². The van der Waals surface area contributed by atoms with Gasteiger partial charge in [-0.3, -0.25) is 4.79 Å². The third-order valence-corrected chi connectivity index (χ3v) is 8.06. The molecule has 0 aromatic heterocycles. The molecule has 5 aliphatic rings. The first kappa shape index (κ1) is 15.7. The van der Waals surface area contributed by atoms with Crippen LogP contribution in [0.25, 0.3) is 0 Å². The normalized spacial score (nSPS) is 51.5. The minimum Gasteiger partial charge on any atom is -0.346 e. The number of amides is 1. The standard InChI is InChI=1S/C21H33NO/c1-4-19(23)22-21(16-7-5-14(2)6-8-16)17-9-15-10-18(21)13-20(3,11-15)12-17/h4,14-18H,1,5-13H2,2-3H3,(H,22,23). The van der Waals surface area contributed by atoms with Gasteiger partial charge in [-0.15, -0.1) is 0 Å². The molecule has 0 spiro atoms. The summed E-state index contributed by atoms with van der Waals surface area (Å²) in [6, 6.07) is 0. The quantitative estimate of drug-likeness (QED) is 0.751. The molecular formula is C21H33NO. The molecule has 0 saturated heterocycles. The largest absolute Gasteiger partial charge is 0.346 e. The molecule has 23 heavy (non-hydrogen) atoms. The molecule has 2 unspecified atom stereocenters. The summed E-state index contributed by atoms with van der Waals surface area (Å²) < 4.78 is 0. The van der Waals surface area contributed by atoms with Gasteiger partial charge in [-0.1, -0.05) is 33.3 Å². The van der Waals surface area contributed by atoms with Crippen LogP contribution < -0.4 is 5.32 Å². The summed E-state index contributed by atoms with van der Waals surface area (Å²) >= 11 is 0. The highest BCUT2D eigenvalue weighted by molar-refractivity contribution is 5.87. The lowest BCUT2D eigenvalue weighted by atomic mass is 9.41. The number of nitrogens with one attached hydrogen (secondary N) is 1. The van der Waals surface area contributed by atoms with Crippen LogP contribution in [0.2, 0.25) is 0 Å². The summed E-state index contributed by atoms with van der Waals surface area (Å²) in [5, 5.41) is 3.57. The molecule has 2 atom stereocenters. The SMILES string of the molecule is C=CC(=O)NC1(C2CCC(C)CC2)C2CC3CC1CC(C)(C3)C2. The molecule has 0 heterocycles. The lowest BCUT2D eigenvalue weighted by Gasteiger charge is -2.67. The maximum absolute atomic E-state index is 12.4. The molecule has 1 N–H and O–H groups in total. The van der Waals surface area contributed by atoms with Crippen LogP contribution in [0, 0.1) is 35.0 Å². The molecule has 0 aromatic carbocycles. The molecule has 128 valence electrons. The molecule has 5 fully saturated rings. The first-order chi connectivity index (χ1) is 10.9. The Labute approximate surface area is 141 Å². The third kappa shape index (κ3) is 2.39. The highest BCUT2D eigenvalue weighted by Crippen LogP contribution is 2.66. The molecule has 0 radical (unpaired) electrons. The molecule has 4 bridgehead atoms. The minimum absolute atomic E-state index is 0.0706. The van der Waals surface area contributed by atoms with Crippen molar-refractivity contribution in [3.63, 3.8) is 0 Å². The maximum atomic E-state index is 12.4. The Hall–Kier alpha value is -0.790. The molecule has 0 aliphatic heterocycles. The predicted octanol–water partition coefficient (Wildman–Crippen LogP) is 4.70. The molecule has 1 amide bonds. The van der Waals surface area contributed by atoms with E-state index in [1.54, 1.807) is 0 Å². The molecule has 5 saturated carbocycles. The summed E-state index contributed by atoms with van der Waals surface area (Å²) in [7, 11) is 0. The Morgan fingerprint density at radius 3 is 2.17 bits per heavy atom. The molecule has 2 heteroatoms. The van der Waals surface area contributed by atoms with Crippen LogP contribution in [-0.2, 0) is 4.79 Å².